The van der Waals surface area contributed by atoms with Crippen LogP contribution in [0.5, 0.6) is 0 Å². The second-order valence-electron chi connectivity index (χ2n) is 3.22. The molecule has 0 fully saturated rings. The highest BCUT2D eigenvalue weighted by Crippen LogP contribution is 2.22. The van der Waals surface area contributed by atoms with Gasteiger partial charge in [0, 0.05) is 30.1 Å². The number of rotatable bonds is 5. The number of hydrogen-bond donors (Lipinski definition) is 0. The van der Waals surface area contributed by atoms with E-state index in [9.17, 15) is 0 Å². The summed E-state index contributed by atoms with van der Waals surface area (Å²) in [6, 6.07) is 5.73. The van der Waals surface area contributed by atoms with E-state index < -0.39 is 0 Å². The molecule has 0 atom stereocenters. The van der Waals surface area contributed by atoms with Gasteiger partial charge in [-0.2, -0.15) is 5.26 Å². The molecule has 0 aromatic carbocycles. The number of thioether (sulfide) groups is 1. The number of unbranched alkanes of at least 4 members (excludes halogenated alkanes) is 1. The molecule has 0 amide bonds. The third kappa shape index (κ3) is 3.29. The third-order valence-electron chi connectivity index (χ3n) is 1.99. The van der Waals surface area contributed by atoms with Crippen LogP contribution >= 0.6 is 11.8 Å². The number of aromatic nitrogens is 3. The Bertz CT molecular complexity index is 506. The van der Waals surface area contributed by atoms with E-state index >= 15 is 0 Å². The molecule has 0 bridgehead atoms. The summed E-state index contributed by atoms with van der Waals surface area (Å²) in [4.78, 5) is 3.92. The summed E-state index contributed by atoms with van der Waals surface area (Å²) in [5, 5.41) is 16.8. The summed E-state index contributed by atoms with van der Waals surface area (Å²) in [5.74, 6) is 1.31. The first kappa shape index (κ1) is 11.6. The van der Waals surface area contributed by atoms with Crippen molar-refractivity contribution < 1.29 is 4.42 Å². The van der Waals surface area contributed by atoms with Crippen LogP contribution in [0.15, 0.2) is 34.2 Å². The molecule has 0 N–H and O–H groups in total. The minimum absolute atomic E-state index is 0.496. The van der Waals surface area contributed by atoms with Gasteiger partial charge >= 0.3 is 0 Å². The predicted molar refractivity (Wildman–Crippen MR) is 63.1 cm³/mol. The van der Waals surface area contributed by atoms with Crippen molar-refractivity contribution in [3.05, 3.63) is 24.5 Å². The molecule has 0 saturated heterocycles. The zero-order valence-corrected chi connectivity index (χ0v) is 9.85. The van der Waals surface area contributed by atoms with Gasteiger partial charge in [-0.1, -0.05) is 11.8 Å². The van der Waals surface area contributed by atoms with Crippen molar-refractivity contribution in [2.24, 2.45) is 0 Å². The molecule has 5 nitrogen and oxygen atoms in total. The molecule has 0 aliphatic heterocycles. The Morgan fingerprint density at radius 1 is 1.29 bits per heavy atom. The summed E-state index contributed by atoms with van der Waals surface area (Å²) >= 11 is 1.47. The lowest BCUT2D eigenvalue weighted by molar-refractivity contribution is 0.466. The number of pyridine rings is 1. The van der Waals surface area contributed by atoms with Gasteiger partial charge in [0.1, 0.15) is 0 Å². The highest BCUT2D eigenvalue weighted by molar-refractivity contribution is 7.99. The third-order valence-corrected chi connectivity index (χ3v) is 2.90. The molecule has 2 aromatic rings. The van der Waals surface area contributed by atoms with Crippen molar-refractivity contribution in [2.45, 2.75) is 18.1 Å². The van der Waals surface area contributed by atoms with Gasteiger partial charge in [-0.3, -0.25) is 4.98 Å². The Morgan fingerprint density at radius 3 is 2.88 bits per heavy atom. The van der Waals surface area contributed by atoms with Crippen LogP contribution in [0.2, 0.25) is 0 Å². The molecule has 6 heteroatoms. The van der Waals surface area contributed by atoms with E-state index in [1.807, 2.05) is 12.1 Å². The molecule has 2 heterocycles. The molecule has 2 rings (SSSR count). The molecule has 0 aliphatic carbocycles. The van der Waals surface area contributed by atoms with E-state index in [2.05, 4.69) is 21.3 Å². The number of hydrogen-bond acceptors (Lipinski definition) is 6. The topological polar surface area (TPSA) is 75.6 Å². The summed E-state index contributed by atoms with van der Waals surface area (Å²) < 4.78 is 5.48. The maximum absolute atomic E-state index is 8.40. The van der Waals surface area contributed by atoms with Crippen LogP contribution in [0, 0.1) is 11.3 Å². The average molecular weight is 246 g/mol. The summed E-state index contributed by atoms with van der Waals surface area (Å²) in [6.07, 6.45) is 4.74. The Hall–Kier alpha value is -1.87. The van der Waals surface area contributed by atoms with E-state index in [4.69, 9.17) is 9.68 Å². The van der Waals surface area contributed by atoms with Crippen molar-refractivity contribution in [2.75, 3.05) is 5.75 Å². The second kappa shape index (κ2) is 6.01. The molecule has 0 radical (unpaired) electrons. The SMILES string of the molecule is N#CCCCSc1nnc(-c2ccncc2)o1. The lowest BCUT2D eigenvalue weighted by Crippen LogP contribution is -1.78. The quantitative estimate of drug-likeness (QED) is 0.596. The highest BCUT2D eigenvalue weighted by Gasteiger charge is 2.08. The largest absolute Gasteiger partial charge is 0.411 e. The molecule has 17 heavy (non-hydrogen) atoms. The molecule has 0 saturated carbocycles. The molecular formula is C11H10N4OS. The Kier molecular flexibility index (Phi) is 4.11. The van der Waals surface area contributed by atoms with Crippen LogP contribution in [-0.4, -0.2) is 20.9 Å². The predicted octanol–water partition coefficient (Wildman–Crippen LogP) is 2.53. The van der Waals surface area contributed by atoms with Gasteiger partial charge in [-0.15, -0.1) is 10.2 Å². The number of nitriles is 1. The van der Waals surface area contributed by atoms with Crippen molar-refractivity contribution in [1.29, 1.82) is 5.26 Å². The van der Waals surface area contributed by atoms with Gasteiger partial charge in [-0.05, 0) is 18.6 Å². The standard InChI is InChI=1S/C11H10N4OS/c12-5-1-2-8-17-11-15-14-10(16-11)9-3-6-13-7-4-9/h3-4,6-7H,1-2,8H2. The molecule has 2 aromatic heterocycles. The van der Waals surface area contributed by atoms with E-state index in [0.717, 1.165) is 17.7 Å². The Balaban J connectivity index is 1.95. The van der Waals surface area contributed by atoms with Crippen LogP contribution in [0.3, 0.4) is 0 Å². The molecule has 0 unspecified atom stereocenters. The average Bonchev–Trinajstić information content (AvgIpc) is 2.85. The van der Waals surface area contributed by atoms with Crippen molar-refractivity contribution in [3.8, 4) is 17.5 Å². The maximum atomic E-state index is 8.40. The number of nitrogens with zero attached hydrogens (tertiary/aromatic N) is 4. The normalized spacial score (nSPS) is 10.1. The van der Waals surface area contributed by atoms with E-state index in [-0.39, 0.29) is 0 Å². The van der Waals surface area contributed by atoms with Gasteiger partial charge in [0.15, 0.2) is 0 Å². The smallest absolute Gasteiger partial charge is 0.276 e. The van der Waals surface area contributed by atoms with Crippen molar-refractivity contribution in [1.82, 2.24) is 15.2 Å². The van der Waals surface area contributed by atoms with Gasteiger partial charge in [0.25, 0.3) is 5.22 Å². The second-order valence-corrected chi connectivity index (χ2v) is 4.27. The fourth-order valence-corrected chi connectivity index (χ4v) is 1.89. The summed E-state index contributed by atoms with van der Waals surface area (Å²) in [6.45, 7) is 0. The van der Waals surface area contributed by atoms with Gasteiger partial charge < -0.3 is 4.42 Å². The summed E-state index contributed by atoms with van der Waals surface area (Å²) in [7, 11) is 0. The first-order chi connectivity index (χ1) is 8.40. The molecular weight excluding hydrogens is 236 g/mol. The molecule has 0 spiro atoms. The van der Waals surface area contributed by atoms with E-state index in [1.165, 1.54) is 11.8 Å². The van der Waals surface area contributed by atoms with Crippen LogP contribution in [0.4, 0.5) is 0 Å². The van der Waals surface area contributed by atoms with Crippen LogP contribution < -0.4 is 0 Å². The van der Waals surface area contributed by atoms with Gasteiger partial charge in [0.05, 0.1) is 6.07 Å². The first-order valence-electron chi connectivity index (χ1n) is 5.14. The van der Waals surface area contributed by atoms with Gasteiger partial charge in [0.2, 0.25) is 5.89 Å². The van der Waals surface area contributed by atoms with Crippen LogP contribution in [0.1, 0.15) is 12.8 Å². The Labute approximate surface area is 103 Å². The molecule has 86 valence electrons. The fourth-order valence-electron chi connectivity index (χ4n) is 1.19. The maximum Gasteiger partial charge on any atom is 0.276 e. The van der Waals surface area contributed by atoms with E-state index in [0.29, 0.717) is 17.5 Å². The monoisotopic (exact) mass is 246 g/mol. The van der Waals surface area contributed by atoms with Gasteiger partial charge in [-0.25, -0.2) is 0 Å². The summed E-state index contributed by atoms with van der Waals surface area (Å²) in [5.41, 5.74) is 0.858. The zero-order chi connectivity index (χ0) is 11.9. The van der Waals surface area contributed by atoms with Crippen molar-refractivity contribution in [3.63, 3.8) is 0 Å². The Morgan fingerprint density at radius 2 is 2.12 bits per heavy atom. The fraction of sp³-hybridized carbons (Fsp3) is 0.273. The van der Waals surface area contributed by atoms with Crippen molar-refractivity contribution >= 4 is 11.8 Å². The molecule has 0 aliphatic rings. The zero-order valence-electron chi connectivity index (χ0n) is 9.04. The minimum Gasteiger partial charge on any atom is -0.411 e. The van der Waals surface area contributed by atoms with E-state index in [1.54, 1.807) is 12.4 Å². The van der Waals surface area contributed by atoms with Crippen LogP contribution in [-0.2, 0) is 0 Å². The lowest BCUT2D eigenvalue weighted by Gasteiger charge is -1.93. The minimum atomic E-state index is 0.496. The van der Waals surface area contributed by atoms with Crippen LogP contribution in [0.25, 0.3) is 11.5 Å². The highest BCUT2D eigenvalue weighted by atomic mass is 32.2. The first-order valence-corrected chi connectivity index (χ1v) is 6.12. The lowest BCUT2D eigenvalue weighted by atomic mass is 10.3.